The Morgan fingerprint density at radius 1 is 0.529 bits per heavy atom. The van der Waals surface area contributed by atoms with Gasteiger partial charge in [0.25, 0.3) is 11.8 Å². The number of amides is 4. The molecule has 0 saturated carbocycles. The molecule has 184 valence electrons. The lowest BCUT2D eigenvalue weighted by molar-refractivity contribution is -0.139. The van der Waals surface area contributed by atoms with E-state index in [1.807, 2.05) is 9.80 Å². The van der Waals surface area contributed by atoms with Crippen LogP contribution < -0.4 is 0 Å². The van der Waals surface area contributed by atoms with Crippen molar-refractivity contribution in [3.05, 3.63) is 9.81 Å². The quantitative estimate of drug-likeness (QED) is 0.434. The highest BCUT2D eigenvalue weighted by Crippen LogP contribution is 2.42. The minimum atomic E-state index is -0.231. The molecule has 6 bridgehead atoms. The maximum atomic E-state index is 13.0. The van der Waals surface area contributed by atoms with E-state index in [4.69, 9.17) is 24.4 Å². The summed E-state index contributed by atoms with van der Waals surface area (Å²) in [4.78, 5) is 58.7. The lowest BCUT2D eigenvalue weighted by Crippen LogP contribution is -2.50. The Balaban J connectivity index is 1.45. The first-order valence-electron chi connectivity index (χ1n) is 11.7. The van der Waals surface area contributed by atoms with Gasteiger partial charge in [0.2, 0.25) is 11.8 Å². The van der Waals surface area contributed by atoms with Crippen LogP contribution in [0.1, 0.15) is 51.4 Å². The Hall–Kier alpha value is -1.50. The van der Waals surface area contributed by atoms with Crippen LogP contribution in [0.3, 0.4) is 0 Å². The number of hydrogen-bond acceptors (Lipinski definition) is 8. The highest BCUT2D eigenvalue weighted by molar-refractivity contribution is 8.29. The van der Waals surface area contributed by atoms with E-state index in [0.29, 0.717) is 70.6 Å². The lowest BCUT2D eigenvalue weighted by atomic mass is 10.1. The maximum Gasteiger partial charge on any atom is 0.267 e. The summed E-state index contributed by atoms with van der Waals surface area (Å²) in [5, 5.41) is 0. The molecule has 3 fully saturated rings. The molecule has 5 rings (SSSR count). The van der Waals surface area contributed by atoms with Crippen molar-refractivity contribution < 1.29 is 19.2 Å². The van der Waals surface area contributed by atoms with E-state index in [9.17, 15) is 19.2 Å². The fourth-order valence-corrected chi connectivity index (χ4v) is 7.19. The van der Waals surface area contributed by atoms with E-state index in [0.717, 1.165) is 38.5 Å². The Morgan fingerprint density at radius 2 is 0.912 bits per heavy atom. The molecule has 0 aromatic heterocycles. The minimum Gasteiger partial charge on any atom is -0.339 e. The van der Waals surface area contributed by atoms with Gasteiger partial charge in [-0.25, -0.2) is 0 Å². The normalized spacial score (nSPS) is 26.5. The Labute approximate surface area is 218 Å². The van der Waals surface area contributed by atoms with Crippen molar-refractivity contribution in [2.45, 2.75) is 51.4 Å². The van der Waals surface area contributed by atoms with E-state index in [2.05, 4.69) is 0 Å². The number of carbonyl (C=O) groups excluding carboxylic acids is 4. The Morgan fingerprint density at radius 3 is 1.29 bits per heavy atom. The molecule has 0 aliphatic carbocycles. The van der Waals surface area contributed by atoms with Gasteiger partial charge >= 0.3 is 0 Å². The van der Waals surface area contributed by atoms with E-state index in [1.54, 1.807) is 9.80 Å². The largest absolute Gasteiger partial charge is 0.339 e. The molecular formula is C22H28N4O4S4. The highest BCUT2D eigenvalue weighted by Gasteiger charge is 2.41. The summed E-state index contributed by atoms with van der Waals surface area (Å²) in [6, 6.07) is 0. The molecule has 5 aliphatic rings. The van der Waals surface area contributed by atoms with Gasteiger partial charge in [-0.3, -0.25) is 29.0 Å². The summed E-state index contributed by atoms with van der Waals surface area (Å²) >= 11 is 13.2. The number of piperazine rings is 1. The van der Waals surface area contributed by atoms with Crippen molar-refractivity contribution in [3.8, 4) is 0 Å². The summed E-state index contributed by atoms with van der Waals surface area (Å²) in [7, 11) is 0. The molecule has 0 spiro atoms. The fourth-order valence-electron chi connectivity index (χ4n) is 4.42. The lowest BCUT2D eigenvalue weighted by Gasteiger charge is -2.35. The smallest absolute Gasteiger partial charge is 0.267 e. The zero-order chi connectivity index (χ0) is 24.2. The maximum absolute atomic E-state index is 13.0. The molecule has 12 heteroatoms. The van der Waals surface area contributed by atoms with Gasteiger partial charge < -0.3 is 9.80 Å². The Kier molecular flexibility index (Phi) is 8.65. The molecular weight excluding hydrogens is 513 g/mol. The molecule has 5 heterocycles. The van der Waals surface area contributed by atoms with Gasteiger partial charge in [-0.2, -0.15) is 0 Å². The van der Waals surface area contributed by atoms with Crippen molar-refractivity contribution in [3.63, 3.8) is 0 Å². The van der Waals surface area contributed by atoms with Gasteiger partial charge in [0.05, 0.1) is 9.81 Å². The number of carbonyl (C=O) groups is 4. The second kappa shape index (κ2) is 11.5. The van der Waals surface area contributed by atoms with Crippen LogP contribution in [0.5, 0.6) is 0 Å². The number of fused-ring (bicyclic) bond motifs is 12. The van der Waals surface area contributed by atoms with Crippen LogP contribution in [0.2, 0.25) is 0 Å². The van der Waals surface area contributed by atoms with Crippen LogP contribution in [-0.2, 0) is 19.2 Å². The summed E-state index contributed by atoms with van der Waals surface area (Å²) in [5.74, 6) is -0.209. The van der Waals surface area contributed by atoms with Gasteiger partial charge in [0.1, 0.15) is 8.64 Å². The van der Waals surface area contributed by atoms with Crippen molar-refractivity contribution in [2.24, 2.45) is 0 Å². The minimum absolute atomic E-state index is 0.127. The van der Waals surface area contributed by atoms with Gasteiger partial charge in [0.15, 0.2) is 0 Å². The molecule has 34 heavy (non-hydrogen) atoms. The standard InChI is InChI=1S/C22H28N4O4S4/c27-15-7-3-1-5-9-25-19(29)17(33-21(25)31)18-20(30)26(22(32)34-18)10-6-2-4-8-16(28)24-13-11-23(15)12-14-24/h1-14H2/b18-17-. The van der Waals surface area contributed by atoms with Crippen LogP contribution in [0.4, 0.5) is 0 Å². The monoisotopic (exact) mass is 540 g/mol. The molecule has 5 aliphatic heterocycles. The van der Waals surface area contributed by atoms with Crippen molar-refractivity contribution in [2.75, 3.05) is 39.3 Å². The Bertz CT molecular complexity index is 871. The van der Waals surface area contributed by atoms with Crippen LogP contribution in [-0.4, -0.2) is 91.1 Å². The summed E-state index contributed by atoms with van der Waals surface area (Å²) < 4.78 is 0.921. The van der Waals surface area contributed by atoms with Crippen molar-refractivity contribution >= 4 is 80.2 Å². The highest BCUT2D eigenvalue weighted by atomic mass is 32.2. The SMILES string of the molecule is O=C1CCCCCN2C(=O)/C(=C3/SC(=S)N(CCCCCC(=O)N4CCN1CC4)C3=O)SC2=S. The molecule has 0 radical (unpaired) electrons. The second-order valence-corrected chi connectivity index (χ2v) is 12.0. The molecule has 4 amide bonds. The van der Waals surface area contributed by atoms with Gasteiger partial charge in [-0.05, 0) is 25.7 Å². The predicted octanol–water partition coefficient (Wildman–Crippen LogP) is 2.72. The van der Waals surface area contributed by atoms with Crippen LogP contribution in [0.15, 0.2) is 9.81 Å². The van der Waals surface area contributed by atoms with Crippen LogP contribution in [0, 0.1) is 0 Å². The number of thioether (sulfide) groups is 2. The van der Waals surface area contributed by atoms with Gasteiger partial charge in [0, 0.05) is 52.1 Å². The van der Waals surface area contributed by atoms with E-state index < -0.39 is 0 Å². The van der Waals surface area contributed by atoms with Crippen molar-refractivity contribution in [1.29, 1.82) is 0 Å². The third-order valence-electron chi connectivity index (χ3n) is 6.43. The number of thiocarbonyl (C=S) groups is 2. The number of hydrogen-bond donors (Lipinski definition) is 0. The third kappa shape index (κ3) is 5.66. The van der Waals surface area contributed by atoms with Crippen molar-refractivity contribution in [1.82, 2.24) is 19.6 Å². The molecule has 0 aromatic carbocycles. The molecule has 0 N–H and O–H groups in total. The third-order valence-corrected chi connectivity index (χ3v) is 9.46. The summed E-state index contributed by atoms with van der Waals surface area (Å²) in [6.07, 6.45) is 5.49. The van der Waals surface area contributed by atoms with E-state index in [1.165, 1.54) is 23.5 Å². The molecule has 3 saturated heterocycles. The van der Waals surface area contributed by atoms with Crippen LogP contribution in [0.25, 0.3) is 0 Å². The molecule has 0 aromatic rings. The topological polar surface area (TPSA) is 81.2 Å². The fraction of sp³-hybridized carbons (Fsp3) is 0.636. The summed E-state index contributed by atoms with van der Waals surface area (Å²) in [5.41, 5.74) is 0. The molecule has 8 nitrogen and oxygen atoms in total. The van der Waals surface area contributed by atoms with E-state index >= 15 is 0 Å². The molecule has 0 unspecified atom stereocenters. The first-order valence-corrected chi connectivity index (χ1v) is 14.2. The van der Waals surface area contributed by atoms with Gasteiger partial charge in [-0.15, -0.1) is 0 Å². The first kappa shape index (κ1) is 25.6. The zero-order valence-corrected chi connectivity index (χ0v) is 22.2. The zero-order valence-electron chi connectivity index (χ0n) is 19.0. The molecule has 0 atom stereocenters. The predicted molar refractivity (Wildman–Crippen MR) is 141 cm³/mol. The number of nitrogens with zero attached hydrogens (tertiary/aromatic N) is 4. The average Bonchev–Trinajstić information content (AvgIpc) is 3.26. The first-order chi connectivity index (χ1) is 16.4. The average molecular weight is 541 g/mol. The van der Waals surface area contributed by atoms with Gasteiger partial charge in [-0.1, -0.05) is 60.8 Å². The van der Waals surface area contributed by atoms with E-state index in [-0.39, 0.29) is 23.6 Å². The van der Waals surface area contributed by atoms with Crippen LogP contribution >= 0.6 is 48.0 Å². The number of rotatable bonds is 0. The summed E-state index contributed by atoms with van der Waals surface area (Å²) in [6.45, 7) is 3.29. The second-order valence-electron chi connectivity index (χ2n) is 8.69.